The predicted octanol–water partition coefficient (Wildman–Crippen LogP) is 1.96. The normalized spacial score (nSPS) is 12.8. The molecule has 1 atom stereocenters. The zero-order valence-corrected chi connectivity index (χ0v) is 12.3. The Balaban J connectivity index is 2.21. The van der Waals surface area contributed by atoms with Crippen molar-refractivity contribution in [2.45, 2.75) is 24.5 Å². The van der Waals surface area contributed by atoms with Gasteiger partial charge in [-0.2, -0.15) is 0 Å². The van der Waals surface area contributed by atoms with Gasteiger partial charge in [-0.15, -0.1) is 23.1 Å². The second-order valence-corrected chi connectivity index (χ2v) is 5.97. The van der Waals surface area contributed by atoms with Crippen LogP contribution in [-0.2, 0) is 0 Å². The van der Waals surface area contributed by atoms with Gasteiger partial charge in [-0.1, -0.05) is 6.92 Å². The van der Waals surface area contributed by atoms with Crippen molar-refractivity contribution in [3.05, 3.63) is 11.4 Å². The van der Waals surface area contributed by atoms with Crippen molar-refractivity contribution in [3.8, 4) is 0 Å². The molecule has 2 aromatic rings. The third-order valence-corrected chi connectivity index (χ3v) is 4.39. The van der Waals surface area contributed by atoms with Gasteiger partial charge in [0.25, 0.3) is 0 Å². The average molecular weight is 299 g/mol. The van der Waals surface area contributed by atoms with Crippen LogP contribution >= 0.6 is 23.1 Å². The topological polar surface area (TPSA) is 78.3 Å². The molecule has 2 aromatic heterocycles. The lowest BCUT2D eigenvalue weighted by Gasteiger charge is -2.09. The number of aliphatic hydroxyl groups is 2. The first-order chi connectivity index (χ1) is 9.24. The molecule has 104 valence electrons. The van der Waals surface area contributed by atoms with Crippen molar-refractivity contribution in [2.24, 2.45) is 0 Å². The summed E-state index contributed by atoms with van der Waals surface area (Å²) in [5, 5.41) is 25.3. The van der Waals surface area contributed by atoms with Gasteiger partial charge >= 0.3 is 0 Å². The van der Waals surface area contributed by atoms with E-state index in [-0.39, 0.29) is 6.61 Å². The molecular formula is C12H17N3O2S2. The van der Waals surface area contributed by atoms with Crippen molar-refractivity contribution < 1.29 is 10.2 Å². The van der Waals surface area contributed by atoms with E-state index in [1.807, 2.05) is 11.4 Å². The molecule has 7 heteroatoms. The Morgan fingerprint density at radius 1 is 1.47 bits per heavy atom. The van der Waals surface area contributed by atoms with Gasteiger partial charge in [0, 0.05) is 17.7 Å². The fraction of sp³-hybridized carbons (Fsp3) is 0.500. The summed E-state index contributed by atoms with van der Waals surface area (Å²) in [6.45, 7) is 2.69. The molecule has 0 saturated heterocycles. The molecule has 0 saturated carbocycles. The highest BCUT2D eigenvalue weighted by molar-refractivity contribution is 7.99. The number of rotatable bonds is 7. The van der Waals surface area contributed by atoms with Gasteiger partial charge < -0.3 is 15.5 Å². The number of thioether (sulfide) groups is 1. The van der Waals surface area contributed by atoms with E-state index in [9.17, 15) is 5.11 Å². The molecule has 0 aliphatic carbocycles. The van der Waals surface area contributed by atoms with Crippen molar-refractivity contribution in [3.63, 3.8) is 0 Å². The summed E-state index contributed by atoms with van der Waals surface area (Å²) in [5.74, 6) is 1.05. The van der Waals surface area contributed by atoms with Crippen LogP contribution in [0.2, 0.25) is 0 Å². The lowest BCUT2D eigenvalue weighted by atomic mass is 10.4. The van der Waals surface area contributed by atoms with Crippen molar-refractivity contribution in [1.82, 2.24) is 9.97 Å². The number of aromatic nitrogens is 2. The Morgan fingerprint density at radius 3 is 3.05 bits per heavy atom. The van der Waals surface area contributed by atoms with Crippen LogP contribution < -0.4 is 5.32 Å². The highest BCUT2D eigenvalue weighted by Gasteiger charge is 2.11. The molecule has 0 radical (unpaired) electrons. The van der Waals surface area contributed by atoms with Crippen LogP contribution in [0.1, 0.15) is 13.3 Å². The van der Waals surface area contributed by atoms with E-state index in [4.69, 9.17) is 5.11 Å². The fourth-order valence-electron chi connectivity index (χ4n) is 1.48. The van der Waals surface area contributed by atoms with E-state index in [1.165, 1.54) is 11.8 Å². The quantitative estimate of drug-likeness (QED) is 0.536. The zero-order chi connectivity index (χ0) is 13.7. The molecule has 0 aliphatic rings. The second kappa shape index (κ2) is 7.04. The highest BCUT2D eigenvalue weighted by atomic mass is 32.2. The Morgan fingerprint density at radius 2 is 2.32 bits per heavy atom. The van der Waals surface area contributed by atoms with Crippen molar-refractivity contribution in [1.29, 1.82) is 0 Å². The second-order valence-electron chi connectivity index (χ2n) is 4.07. The molecule has 3 N–H and O–H groups in total. The van der Waals surface area contributed by atoms with Crippen LogP contribution in [0.4, 0.5) is 5.95 Å². The zero-order valence-electron chi connectivity index (χ0n) is 10.7. The first-order valence-electron chi connectivity index (χ1n) is 6.15. The lowest BCUT2D eigenvalue weighted by molar-refractivity contribution is 0.113. The SMILES string of the molecule is CCCNc1nc(SCC(O)CO)c2ccsc2n1. The Bertz CT molecular complexity index is 533. The number of anilines is 1. The maximum absolute atomic E-state index is 9.43. The standard InChI is InChI=1S/C12H17N3O2S2/c1-2-4-13-12-14-10-9(3-5-18-10)11(15-12)19-7-8(17)6-16/h3,5,8,16-17H,2,4,6-7H2,1H3,(H,13,14,15). The predicted molar refractivity (Wildman–Crippen MR) is 80.0 cm³/mol. The maximum atomic E-state index is 9.43. The Kier molecular flexibility index (Phi) is 5.38. The number of nitrogens with one attached hydrogen (secondary N) is 1. The van der Waals surface area contributed by atoms with Gasteiger partial charge in [0.1, 0.15) is 9.86 Å². The van der Waals surface area contributed by atoms with E-state index in [0.717, 1.165) is 28.2 Å². The first kappa shape index (κ1) is 14.5. The Hall–Kier alpha value is -0.890. The van der Waals surface area contributed by atoms with Crippen LogP contribution in [0.3, 0.4) is 0 Å². The molecule has 0 spiro atoms. The van der Waals surface area contributed by atoms with E-state index < -0.39 is 6.10 Å². The Labute approximate surface area is 120 Å². The third-order valence-electron chi connectivity index (χ3n) is 2.45. The summed E-state index contributed by atoms with van der Waals surface area (Å²) >= 11 is 3.01. The largest absolute Gasteiger partial charge is 0.394 e. The van der Waals surface area contributed by atoms with Crippen LogP contribution in [-0.4, -0.2) is 45.2 Å². The number of hydrogen-bond donors (Lipinski definition) is 3. The van der Waals surface area contributed by atoms with Gasteiger partial charge in [0.15, 0.2) is 0 Å². The first-order valence-corrected chi connectivity index (χ1v) is 8.02. The third kappa shape index (κ3) is 3.79. The highest BCUT2D eigenvalue weighted by Crippen LogP contribution is 2.30. The van der Waals surface area contributed by atoms with Crippen molar-refractivity contribution >= 4 is 39.3 Å². The molecule has 2 rings (SSSR count). The molecule has 0 fully saturated rings. The lowest BCUT2D eigenvalue weighted by Crippen LogP contribution is -2.14. The molecule has 0 aromatic carbocycles. The molecular weight excluding hydrogens is 282 g/mol. The maximum Gasteiger partial charge on any atom is 0.225 e. The molecule has 1 unspecified atom stereocenters. The average Bonchev–Trinajstić information content (AvgIpc) is 2.90. The fourth-order valence-corrected chi connectivity index (χ4v) is 3.24. The molecule has 2 heterocycles. The monoisotopic (exact) mass is 299 g/mol. The van der Waals surface area contributed by atoms with Crippen LogP contribution in [0.25, 0.3) is 10.2 Å². The van der Waals surface area contributed by atoms with E-state index in [0.29, 0.717) is 11.7 Å². The van der Waals surface area contributed by atoms with Crippen LogP contribution in [0.15, 0.2) is 16.5 Å². The molecule has 0 aliphatic heterocycles. The minimum atomic E-state index is -0.722. The van der Waals surface area contributed by atoms with Crippen LogP contribution in [0.5, 0.6) is 0 Å². The summed E-state index contributed by atoms with van der Waals surface area (Å²) in [7, 11) is 0. The summed E-state index contributed by atoms with van der Waals surface area (Å²) in [6.07, 6.45) is 0.290. The minimum Gasteiger partial charge on any atom is -0.394 e. The van der Waals surface area contributed by atoms with Gasteiger partial charge in [0.05, 0.1) is 12.7 Å². The summed E-state index contributed by atoms with van der Waals surface area (Å²) in [5.41, 5.74) is 0. The number of hydrogen-bond acceptors (Lipinski definition) is 7. The minimum absolute atomic E-state index is 0.230. The van der Waals surface area contributed by atoms with E-state index >= 15 is 0 Å². The van der Waals surface area contributed by atoms with Crippen molar-refractivity contribution in [2.75, 3.05) is 24.2 Å². The summed E-state index contributed by atoms with van der Waals surface area (Å²) < 4.78 is 0. The van der Waals surface area contributed by atoms with Gasteiger partial charge in [-0.05, 0) is 17.9 Å². The number of thiophene rings is 1. The summed E-state index contributed by atoms with van der Waals surface area (Å²) in [6, 6.07) is 1.98. The van der Waals surface area contributed by atoms with E-state index in [2.05, 4.69) is 22.2 Å². The van der Waals surface area contributed by atoms with Gasteiger partial charge in [-0.3, -0.25) is 0 Å². The van der Waals surface area contributed by atoms with Gasteiger partial charge in [-0.25, -0.2) is 9.97 Å². The number of aliphatic hydroxyl groups excluding tert-OH is 2. The van der Waals surface area contributed by atoms with E-state index in [1.54, 1.807) is 11.3 Å². The summed E-state index contributed by atoms with van der Waals surface area (Å²) in [4.78, 5) is 9.86. The number of fused-ring (bicyclic) bond motifs is 1. The smallest absolute Gasteiger partial charge is 0.225 e. The molecule has 0 amide bonds. The van der Waals surface area contributed by atoms with Crippen LogP contribution in [0, 0.1) is 0 Å². The van der Waals surface area contributed by atoms with Gasteiger partial charge in [0.2, 0.25) is 5.95 Å². The molecule has 5 nitrogen and oxygen atoms in total. The number of nitrogens with zero attached hydrogens (tertiary/aromatic N) is 2. The molecule has 0 bridgehead atoms. The molecule has 19 heavy (non-hydrogen) atoms.